The van der Waals surface area contributed by atoms with Crippen molar-refractivity contribution < 1.29 is 14.3 Å². The van der Waals surface area contributed by atoms with E-state index >= 15 is 0 Å². The van der Waals surface area contributed by atoms with Crippen molar-refractivity contribution >= 4 is 22.5 Å². The molecule has 33 heavy (non-hydrogen) atoms. The number of carbonyl (C=O) groups excluding carboxylic acids is 1. The third-order valence-corrected chi connectivity index (χ3v) is 6.32. The first kappa shape index (κ1) is 23.3. The Labute approximate surface area is 195 Å². The highest BCUT2D eigenvalue weighted by Gasteiger charge is 2.20. The van der Waals surface area contributed by atoms with Crippen molar-refractivity contribution in [1.29, 1.82) is 0 Å². The number of aromatic nitrogens is 2. The van der Waals surface area contributed by atoms with Gasteiger partial charge in [-0.25, -0.2) is 0 Å². The van der Waals surface area contributed by atoms with Crippen LogP contribution in [-0.4, -0.2) is 67.3 Å². The number of fused-ring (bicyclic) bond motifs is 1. The molecule has 1 aliphatic rings. The number of Topliss-reactive ketones (excluding diaryl/α,β-unsaturated/α-hetero) is 1. The molecule has 1 fully saturated rings. The van der Waals surface area contributed by atoms with Crippen molar-refractivity contribution in [2.24, 2.45) is 0 Å². The van der Waals surface area contributed by atoms with Crippen LogP contribution in [0.4, 0.5) is 5.82 Å². The van der Waals surface area contributed by atoms with Crippen LogP contribution in [0.2, 0.25) is 0 Å². The first-order chi connectivity index (χ1) is 16.2. The van der Waals surface area contributed by atoms with E-state index in [9.17, 15) is 4.79 Å². The summed E-state index contributed by atoms with van der Waals surface area (Å²) in [5.41, 5.74) is 1.97. The van der Waals surface area contributed by atoms with E-state index < -0.39 is 6.10 Å². The molecule has 4 rings (SSSR count). The van der Waals surface area contributed by atoms with Crippen molar-refractivity contribution in [3.8, 4) is 5.75 Å². The van der Waals surface area contributed by atoms with Gasteiger partial charge in [0.2, 0.25) is 0 Å². The minimum Gasteiger partial charge on any atom is -0.494 e. The van der Waals surface area contributed by atoms with E-state index in [1.54, 1.807) is 7.11 Å². The number of H-pyrrole nitrogens is 1. The summed E-state index contributed by atoms with van der Waals surface area (Å²) in [6.45, 7) is 7.75. The fourth-order valence-corrected chi connectivity index (χ4v) is 4.38. The standard InChI is InChI=1S/C26H34N4O3/c1-3-24(31)25(32-2)20-10-12-21(13-11-20)33-19-7-6-14-29-15-17-30(18-16-29)26-22-8-4-5-9-23(22)27-28-26/h4-5,8-13,25H,3,6-7,14-19H2,1-2H3,(H,27,28). The minimum absolute atomic E-state index is 0.0877. The zero-order valence-electron chi connectivity index (χ0n) is 19.6. The smallest absolute Gasteiger partial charge is 0.165 e. The quantitative estimate of drug-likeness (QED) is 0.441. The Hall–Kier alpha value is -2.90. The van der Waals surface area contributed by atoms with Crippen LogP contribution in [0, 0.1) is 0 Å². The summed E-state index contributed by atoms with van der Waals surface area (Å²) in [6, 6.07) is 16.0. The summed E-state index contributed by atoms with van der Waals surface area (Å²) in [7, 11) is 1.57. The Balaban J connectivity index is 1.15. The van der Waals surface area contributed by atoms with Crippen molar-refractivity contribution in [1.82, 2.24) is 15.1 Å². The summed E-state index contributed by atoms with van der Waals surface area (Å²) >= 11 is 0. The molecule has 7 heteroatoms. The maximum absolute atomic E-state index is 12.0. The molecule has 2 aromatic carbocycles. The molecular weight excluding hydrogens is 416 g/mol. The SMILES string of the molecule is CCC(=O)C(OC)c1ccc(OCCCCN2CCN(c3n[nH]c4ccccc34)CC2)cc1. The van der Waals surface area contributed by atoms with Crippen LogP contribution in [-0.2, 0) is 9.53 Å². The number of nitrogens with one attached hydrogen (secondary N) is 1. The fraction of sp³-hybridized carbons (Fsp3) is 0.462. The number of anilines is 1. The van der Waals surface area contributed by atoms with E-state index in [0.29, 0.717) is 13.0 Å². The van der Waals surface area contributed by atoms with Gasteiger partial charge >= 0.3 is 0 Å². The van der Waals surface area contributed by atoms with Crippen LogP contribution in [0.15, 0.2) is 48.5 Å². The van der Waals surface area contributed by atoms with E-state index in [2.05, 4.69) is 38.2 Å². The van der Waals surface area contributed by atoms with Crippen LogP contribution in [0.1, 0.15) is 37.9 Å². The van der Waals surface area contributed by atoms with Gasteiger partial charge in [0.25, 0.3) is 0 Å². The lowest BCUT2D eigenvalue weighted by molar-refractivity contribution is -0.128. The number of piperazine rings is 1. The van der Waals surface area contributed by atoms with Gasteiger partial charge in [-0.15, -0.1) is 0 Å². The number of benzene rings is 2. The number of hydrogen-bond acceptors (Lipinski definition) is 6. The molecule has 0 bridgehead atoms. The first-order valence-electron chi connectivity index (χ1n) is 11.9. The normalized spacial score (nSPS) is 15.6. The van der Waals surface area contributed by atoms with Gasteiger partial charge in [0.05, 0.1) is 12.1 Å². The van der Waals surface area contributed by atoms with Gasteiger partial charge in [-0.2, -0.15) is 5.10 Å². The minimum atomic E-state index is -0.490. The number of ketones is 1. The highest BCUT2D eigenvalue weighted by atomic mass is 16.5. The van der Waals surface area contributed by atoms with Crippen LogP contribution < -0.4 is 9.64 Å². The van der Waals surface area contributed by atoms with Crippen LogP contribution in [0.25, 0.3) is 10.9 Å². The molecule has 176 valence electrons. The van der Waals surface area contributed by atoms with Crippen LogP contribution in [0.3, 0.4) is 0 Å². The zero-order valence-corrected chi connectivity index (χ0v) is 19.6. The summed E-state index contributed by atoms with van der Waals surface area (Å²) in [4.78, 5) is 16.9. The second kappa shape index (κ2) is 11.3. The number of methoxy groups -OCH3 is 1. The number of aromatic amines is 1. The van der Waals surface area contributed by atoms with Crippen molar-refractivity contribution in [3.63, 3.8) is 0 Å². The molecule has 0 aliphatic carbocycles. The van der Waals surface area contributed by atoms with Gasteiger partial charge in [0, 0.05) is 45.1 Å². The third kappa shape index (κ3) is 5.72. The van der Waals surface area contributed by atoms with E-state index in [0.717, 1.165) is 68.2 Å². The molecule has 0 radical (unpaired) electrons. The van der Waals surface area contributed by atoms with E-state index in [1.807, 2.05) is 37.3 Å². The number of para-hydroxylation sites is 1. The summed E-state index contributed by atoms with van der Waals surface area (Å²) < 4.78 is 11.2. The molecule has 1 aromatic heterocycles. The second-order valence-corrected chi connectivity index (χ2v) is 8.48. The number of ether oxygens (including phenoxy) is 2. The predicted octanol–water partition coefficient (Wildman–Crippen LogP) is 4.21. The Bertz CT molecular complexity index is 1030. The highest BCUT2D eigenvalue weighted by Crippen LogP contribution is 2.25. The average Bonchev–Trinajstić information content (AvgIpc) is 3.29. The Kier molecular flexibility index (Phi) is 7.96. The van der Waals surface area contributed by atoms with Crippen molar-refractivity contribution in [3.05, 3.63) is 54.1 Å². The molecule has 7 nitrogen and oxygen atoms in total. The molecule has 3 aromatic rings. The fourth-order valence-electron chi connectivity index (χ4n) is 4.38. The third-order valence-electron chi connectivity index (χ3n) is 6.32. The highest BCUT2D eigenvalue weighted by molar-refractivity contribution is 5.90. The molecule has 2 heterocycles. The lowest BCUT2D eigenvalue weighted by Gasteiger charge is -2.35. The van der Waals surface area contributed by atoms with Gasteiger partial charge < -0.3 is 14.4 Å². The van der Waals surface area contributed by atoms with Crippen molar-refractivity contribution in [2.45, 2.75) is 32.3 Å². The molecule has 1 unspecified atom stereocenters. The topological polar surface area (TPSA) is 70.7 Å². The molecule has 1 aliphatic heterocycles. The van der Waals surface area contributed by atoms with E-state index in [4.69, 9.17) is 9.47 Å². The lowest BCUT2D eigenvalue weighted by atomic mass is 10.0. The lowest BCUT2D eigenvalue weighted by Crippen LogP contribution is -2.46. The van der Waals surface area contributed by atoms with Gasteiger partial charge in [0.15, 0.2) is 11.6 Å². The molecule has 1 saturated heterocycles. The van der Waals surface area contributed by atoms with Gasteiger partial charge in [-0.05, 0) is 49.2 Å². The van der Waals surface area contributed by atoms with Gasteiger partial charge in [0.1, 0.15) is 11.9 Å². The number of carbonyl (C=O) groups is 1. The Morgan fingerprint density at radius 1 is 1.06 bits per heavy atom. The number of nitrogens with zero attached hydrogens (tertiary/aromatic N) is 3. The van der Waals surface area contributed by atoms with E-state index in [-0.39, 0.29) is 5.78 Å². The van der Waals surface area contributed by atoms with Gasteiger partial charge in [-0.3, -0.25) is 14.8 Å². The number of rotatable bonds is 11. The molecule has 1 atom stereocenters. The summed E-state index contributed by atoms with van der Waals surface area (Å²) in [5.74, 6) is 1.99. The Morgan fingerprint density at radius 3 is 2.55 bits per heavy atom. The summed E-state index contributed by atoms with van der Waals surface area (Å²) in [6.07, 6.45) is 2.10. The van der Waals surface area contributed by atoms with Gasteiger partial charge in [-0.1, -0.05) is 31.2 Å². The summed E-state index contributed by atoms with van der Waals surface area (Å²) in [5, 5.41) is 8.87. The van der Waals surface area contributed by atoms with Crippen LogP contribution in [0.5, 0.6) is 5.75 Å². The molecule has 0 spiro atoms. The van der Waals surface area contributed by atoms with Crippen molar-refractivity contribution in [2.75, 3.05) is 51.3 Å². The number of unbranched alkanes of at least 4 members (excludes halogenated alkanes) is 1. The van der Waals surface area contributed by atoms with E-state index in [1.165, 1.54) is 5.39 Å². The largest absolute Gasteiger partial charge is 0.494 e. The predicted molar refractivity (Wildman–Crippen MR) is 131 cm³/mol. The number of hydrogen-bond donors (Lipinski definition) is 1. The Morgan fingerprint density at radius 2 is 1.82 bits per heavy atom. The molecule has 1 N–H and O–H groups in total. The molecule has 0 amide bonds. The zero-order chi connectivity index (χ0) is 23.0. The molecular formula is C26H34N4O3. The maximum atomic E-state index is 12.0. The molecule has 0 saturated carbocycles. The second-order valence-electron chi connectivity index (χ2n) is 8.48. The maximum Gasteiger partial charge on any atom is 0.165 e. The average molecular weight is 451 g/mol. The monoisotopic (exact) mass is 450 g/mol. The van der Waals surface area contributed by atoms with Crippen LogP contribution >= 0.6 is 0 Å². The first-order valence-corrected chi connectivity index (χ1v) is 11.9.